The van der Waals surface area contributed by atoms with Crippen molar-refractivity contribution in [3.05, 3.63) is 50.0 Å². The molecule has 1 aromatic heterocycles. The van der Waals surface area contributed by atoms with E-state index in [1.54, 1.807) is 23.5 Å². The summed E-state index contributed by atoms with van der Waals surface area (Å²) in [5, 5.41) is 14.4. The topological polar surface area (TPSA) is 59.3 Å². The van der Waals surface area contributed by atoms with E-state index in [0.717, 1.165) is 16.4 Å². The molecule has 0 bridgehead atoms. The first kappa shape index (κ1) is 14.9. The second kappa shape index (κ2) is 6.32. The Morgan fingerprint density at radius 3 is 2.80 bits per heavy atom. The van der Waals surface area contributed by atoms with E-state index < -0.39 is 0 Å². The number of thiazole rings is 1. The fourth-order valence-electron chi connectivity index (χ4n) is 1.91. The lowest BCUT2D eigenvalue weighted by Crippen LogP contribution is -2.16. The SMILES string of the molecule is Cc1nc(CN(C)c2ccc([N+](=O)[O-])c(CBr)c2)cs1. The largest absolute Gasteiger partial charge is 0.369 e. The quantitative estimate of drug-likeness (QED) is 0.463. The highest BCUT2D eigenvalue weighted by molar-refractivity contribution is 9.08. The normalized spacial score (nSPS) is 10.6. The molecule has 2 rings (SSSR count). The number of aromatic nitrogens is 1. The smallest absolute Gasteiger partial charge is 0.273 e. The highest BCUT2D eigenvalue weighted by Gasteiger charge is 2.14. The molecule has 0 radical (unpaired) electrons. The minimum absolute atomic E-state index is 0.142. The van der Waals surface area contributed by atoms with Crippen LogP contribution in [0.15, 0.2) is 23.6 Å². The van der Waals surface area contributed by atoms with Crippen LogP contribution in [0.3, 0.4) is 0 Å². The summed E-state index contributed by atoms with van der Waals surface area (Å²) in [7, 11) is 1.95. The molecule has 0 aliphatic rings. The molecule has 5 nitrogen and oxygen atoms in total. The van der Waals surface area contributed by atoms with E-state index in [4.69, 9.17) is 0 Å². The lowest BCUT2D eigenvalue weighted by Gasteiger charge is -2.18. The zero-order valence-corrected chi connectivity index (χ0v) is 13.6. The number of aryl methyl sites for hydroxylation is 1. The molecule has 106 valence electrons. The number of anilines is 1. The molecule has 7 heteroatoms. The molecule has 0 aliphatic heterocycles. The van der Waals surface area contributed by atoms with Crippen molar-refractivity contribution in [1.82, 2.24) is 4.98 Å². The molecule has 0 fully saturated rings. The molecule has 0 amide bonds. The fraction of sp³-hybridized carbons (Fsp3) is 0.308. The van der Waals surface area contributed by atoms with Crippen LogP contribution in [0.25, 0.3) is 0 Å². The van der Waals surface area contributed by atoms with Crippen molar-refractivity contribution in [3.8, 4) is 0 Å². The van der Waals surface area contributed by atoms with Crippen LogP contribution in [0.2, 0.25) is 0 Å². The van der Waals surface area contributed by atoms with Crippen LogP contribution in [0, 0.1) is 17.0 Å². The number of hydrogen-bond acceptors (Lipinski definition) is 5. The maximum absolute atomic E-state index is 10.9. The Balaban J connectivity index is 2.21. The number of halogens is 1. The van der Waals surface area contributed by atoms with Gasteiger partial charge in [-0.3, -0.25) is 10.1 Å². The molecule has 20 heavy (non-hydrogen) atoms. The first-order chi connectivity index (χ1) is 9.51. The van der Waals surface area contributed by atoms with E-state index in [1.807, 2.05) is 30.3 Å². The van der Waals surface area contributed by atoms with Gasteiger partial charge in [0.25, 0.3) is 5.69 Å². The zero-order valence-electron chi connectivity index (χ0n) is 11.2. The summed E-state index contributed by atoms with van der Waals surface area (Å²) in [5.74, 6) is 0. The summed E-state index contributed by atoms with van der Waals surface area (Å²) in [6, 6.07) is 5.16. The number of nitro groups is 1. The number of nitrogens with zero attached hydrogens (tertiary/aromatic N) is 3. The summed E-state index contributed by atoms with van der Waals surface area (Å²) >= 11 is 4.92. The predicted molar refractivity (Wildman–Crippen MR) is 84.7 cm³/mol. The van der Waals surface area contributed by atoms with Gasteiger partial charge in [-0.15, -0.1) is 11.3 Å². The van der Waals surface area contributed by atoms with Crippen molar-refractivity contribution in [1.29, 1.82) is 0 Å². The van der Waals surface area contributed by atoms with Crippen LogP contribution in [-0.2, 0) is 11.9 Å². The average Bonchev–Trinajstić information content (AvgIpc) is 2.83. The van der Waals surface area contributed by atoms with Crippen LogP contribution in [0.1, 0.15) is 16.3 Å². The van der Waals surface area contributed by atoms with Gasteiger partial charge in [-0.1, -0.05) is 15.9 Å². The van der Waals surface area contributed by atoms with Crippen molar-refractivity contribution in [3.63, 3.8) is 0 Å². The van der Waals surface area contributed by atoms with Gasteiger partial charge in [-0.05, 0) is 19.1 Å². The number of rotatable bonds is 5. The number of nitro benzene ring substituents is 1. The maximum atomic E-state index is 10.9. The Kier molecular flexibility index (Phi) is 4.72. The third-order valence-corrected chi connectivity index (χ3v) is 4.34. The lowest BCUT2D eigenvalue weighted by atomic mass is 10.1. The Bertz CT molecular complexity index is 630. The Hall–Kier alpha value is -1.47. The molecular weight excluding hydrogens is 342 g/mol. The summed E-state index contributed by atoms with van der Waals surface area (Å²) in [4.78, 5) is 17.0. The van der Waals surface area contributed by atoms with Gasteiger partial charge in [0.1, 0.15) is 0 Å². The summed E-state index contributed by atoms with van der Waals surface area (Å²) < 4.78 is 0. The van der Waals surface area contributed by atoms with E-state index >= 15 is 0 Å². The lowest BCUT2D eigenvalue weighted by molar-refractivity contribution is -0.385. The Morgan fingerprint density at radius 2 is 2.25 bits per heavy atom. The van der Waals surface area contributed by atoms with Crippen LogP contribution in [0.4, 0.5) is 11.4 Å². The molecule has 0 unspecified atom stereocenters. The first-order valence-corrected chi connectivity index (χ1v) is 7.97. The molecule has 1 heterocycles. The molecule has 1 aromatic carbocycles. The van der Waals surface area contributed by atoms with Crippen LogP contribution in [0.5, 0.6) is 0 Å². The molecule has 0 saturated carbocycles. The second-order valence-corrected chi connectivity index (χ2v) is 6.04. The van der Waals surface area contributed by atoms with Gasteiger partial charge in [-0.2, -0.15) is 0 Å². The molecule has 0 aliphatic carbocycles. The van der Waals surface area contributed by atoms with Crippen molar-refractivity contribution in [2.45, 2.75) is 18.8 Å². The summed E-state index contributed by atoms with van der Waals surface area (Å²) in [5.41, 5.74) is 2.77. The van der Waals surface area contributed by atoms with Crippen molar-refractivity contribution in [2.24, 2.45) is 0 Å². The van der Waals surface area contributed by atoms with Crippen LogP contribution >= 0.6 is 27.3 Å². The van der Waals surface area contributed by atoms with Gasteiger partial charge in [0, 0.05) is 35.1 Å². The summed E-state index contributed by atoms with van der Waals surface area (Å²) in [6.07, 6.45) is 0. The average molecular weight is 356 g/mol. The Labute approximate surface area is 129 Å². The van der Waals surface area contributed by atoms with Crippen molar-refractivity contribution < 1.29 is 4.92 Å². The number of alkyl halides is 1. The van der Waals surface area contributed by atoms with E-state index in [2.05, 4.69) is 20.9 Å². The third kappa shape index (κ3) is 3.34. The monoisotopic (exact) mass is 355 g/mol. The van der Waals surface area contributed by atoms with Crippen molar-refractivity contribution in [2.75, 3.05) is 11.9 Å². The van der Waals surface area contributed by atoms with Crippen LogP contribution < -0.4 is 4.90 Å². The Morgan fingerprint density at radius 1 is 1.50 bits per heavy atom. The van der Waals surface area contributed by atoms with Crippen LogP contribution in [-0.4, -0.2) is 17.0 Å². The van der Waals surface area contributed by atoms with Gasteiger partial charge in [0.2, 0.25) is 0 Å². The maximum Gasteiger partial charge on any atom is 0.273 e. The predicted octanol–water partition coefficient (Wildman–Crippen LogP) is 3.89. The summed E-state index contributed by atoms with van der Waals surface area (Å²) in [6.45, 7) is 2.66. The molecule has 0 N–H and O–H groups in total. The van der Waals surface area contributed by atoms with E-state index in [0.29, 0.717) is 17.4 Å². The molecule has 2 aromatic rings. The minimum atomic E-state index is -0.357. The van der Waals surface area contributed by atoms with Gasteiger partial charge >= 0.3 is 0 Å². The van der Waals surface area contributed by atoms with E-state index in [9.17, 15) is 10.1 Å². The van der Waals surface area contributed by atoms with Gasteiger partial charge in [0.15, 0.2) is 0 Å². The van der Waals surface area contributed by atoms with Gasteiger partial charge in [-0.25, -0.2) is 4.98 Å². The van der Waals surface area contributed by atoms with E-state index in [-0.39, 0.29) is 10.6 Å². The highest BCUT2D eigenvalue weighted by atomic mass is 79.9. The standard InChI is InChI=1S/C13H14BrN3O2S/c1-9-15-11(8-20-9)7-16(2)12-3-4-13(17(18)19)10(5-12)6-14/h3-5,8H,6-7H2,1-2H3. The van der Waals surface area contributed by atoms with E-state index in [1.165, 1.54) is 0 Å². The van der Waals surface area contributed by atoms with Gasteiger partial charge < -0.3 is 4.90 Å². The third-order valence-electron chi connectivity index (χ3n) is 2.91. The minimum Gasteiger partial charge on any atom is -0.369 e. The van der Waals surface area contributed by atoms with Gasteiger partial charge in [0.05, 0.1) is 22.2 Å². The number of benzene rings is 1. The molecule has 0 saturated heterocycles. The highest BCUT2D eigenvalue weighted by Crippen LogP contribution is 2.27. The fourth-order valence-corrected chi connectivity index (χ4v) is 2.96. The zero-order chi connectivity index (χ0) is 14.7. The first-order valence-electron chi connectivity index (χ1n) is 5.96. The molecule has 0 spiro atoms. The van der Waals surface area contributed by atoms with Crippen molar-refractivity contribution >= 4 is 38.6 Å². The number of hydrogen-bond donors (Lipinski definition) is 0. The molecular formula is C13H14BrN3O2S. The molecule has 0 atom stereocenters. The second-order valence-electron chi connectivity index (χ2n) is 4.42.